The molecule has 0 saturated heterocycles. The fourth-order valence-corrected chi connectivity index (χ4v) is 4.72. The van der Waals surface area contributed by atoms with E-state index in [1.54, 1.807) is 12.1 Å². The van der Waals surface area contributed by atoms with Gasteiger partial charge in [0.1, 0.15) is 5.82 Å². The summed E-state index contributed by atoms with van der Waals surface area (Å²) in [6.45, 7) is 0. The van der Waals surface area contributed by atoms with Crippen molar-refractivity contribution in [3.8, 4) is 22.3 Å². The Morgan fingerprint density at radius 1 is 0.387 bits per heavy atom. The van der Waals surface area contributed by atoms with Crippen LogP contribution in [-0.2, 0) is 0 Å². The molecule has 0 saturated carbocycles. The smallest absolute Gasteiger partial charge is 0.123 e. The highest BCUT2D eigenvalue weighted by molar-refractivity contribution is 6.21. The first-order valence-corrected chi connectivity index (χ1v) is 10.5. The van der Waals surface area contributed by atoms with Gasteiger partial charge >= 0.3 is 0 Å². The molecule has 146 valence electrons. The van der Waals surface area contributed by atoms with Gasteiger partial charge < -0.3 is 0 Å². The SMILES string of the molecule is Fc1ccc2c(-c3ccc4ccccc4c3)c3ccccc3c(-c3ccccc3)c2c1. The number of hydrogen-bond donors (Lipinski definition) is 0. The minimum atomic E-state index is -0.218. The van der Waals surface area contributed by atoms with Crippen LogP contribution in [0.25, 0.3) is 54.6 Å². The van der Waals surface area contributed by atoms with Crippen LogP contribution in [0.2, 0.25) is 0 Å². The van der Waals surface area contributed by atoms with E-state index in [0.29, 0.717) is 0 Å². The molecule has 0 aliphatic heterocycles. The van der Waals surface area contributed by atoms with Crippen LogP contribution < -0.4 is 0 Å². The first-order chi connectivity index (χ1) is 15.3. The molecular formula is C30H19F. The maximum Gasteiger partial charge on any atom is 0.123 e. The Hall–Kier alpha value is -3.97. The van der Waals surface area contributed by atoms with Crippen molar-refractivity contribution in [3.05, 3.63) is 121 Å². The third-order valence-corrected chi connectivity index (χ3v) is 6.09. The zero-order chi connectivity index (χ0) is 20.8. The van der Waals surface area contributed by atoms with Crippen LogP contribution in [0, 0.1) is 5.82 Å². The molecule has 6 rings (SSSR count). The number of halogens is 1. The van der Waals surface area contributed by atoms with Gasteiger partial charge in [0.2, 0.25) is 0 Å². The molecule has 0 N–H and O–H groups in total. The van der Waals surface area contributed by atoms with Crippen molar-refractivity contribution in [2.45, 2.75) is 0 Å². The van der Waals surface area contributed by atoms with Crippen LogP contribution >= 0.6 is 0 Å². The molecule has 1 heteroatoms. The second kappa shape index (κ2) is 7.07. The molecule has 0 spiro atoms. The van der Waals surface area contributed by atoms with Gasteiger partial charge in [0, 0.05) is 0 Å². The standard InChI is InChI=1S/C30H19F/c31-24-16-17-27-28(19-24)29(21-9-2-1-3-10-21)25-12-6-7-13-26(25)30(27)23-15-14-20-8-4-5-11-22(20)18-23/h1-19H. The van der Waals surface area contributed by atoms with E-state index in [2.05, 4.69) is 78.9 Å². The van der Waals surface area contributed by atoms with Gasteiger partial charge in [-0.2, -0.15) is 0 Å². The maximum absolute atomic E-state index is 14.5. The van der Waals surface area contributed by atoms with E-state index in [1.807, 2.05) is 24.3 Å². The summed E-state index contributed by atoms with van der Waals surface area (Å²) < 4.78 is 14.5. The second-order valence-electron chi connectivity index (χ2n) is 7.91. The normalized spacial score (nSPS) is 11.4. The van der Waals surface area contributed by atoms with Crippen LogP contribution in [0.15, 0.2) is 115 Å². The lowest BCUT2D eigenvalue weighted by Gasteiger charge is -2.18. The number of hydrogen-bond acceptors (Lipinski definition) is 0. The minimum Gasteiger partial charge on any atom is -0.207 e. The Morgan fingerprint density at radius 3 is 1.77 bits per heavy atom. The molecular weight excluding hydrogens is 379 g/mol. The molecule has 0 radical (unpaired) electrons. The first-order valence-electron chi connectivity index (χ1n) is 10.5. The lowest BCUT2D eigenvalue weighted by atomic mass is 9.85. The Labute approximate surface area is 180 Å². The minimum absolute atomic E-state index is 0.218. The molecule has 0 fully saturated rings. The number of benzene rings is 6. The Balaban J connectivity index is 1.80. The molecule has 0 bridgehead atoms. The molecule has 0 nitrogen and oxygen atoms in total. The van der Waals surface area contributed by atoms with Crippen LogP contribution in [0.5, 0.6) is 0 Å². The molecule has 31 heavy (non-hydrogen) atoms. The van der Waals surface area contributed by atoms with E-state index in [-0.39, 0.29) is 5.82 Å². The van der Waals surface area contributed by atoms with Gasteiger partial charge in [-0.15, -0.1) is 0 Å². The summed E-state index contributed by atoms with van der Waals surface area (Å²) in [4.78, 5) is 0. The van der Waals surface area contributed by atoms with Crippen LogP contribution in [0.3, 0.4) is 0 Å². The van der Waals surface area contributed by atoms with Gasteiger partial charge in [-0.1, -0.05) is 97.1 Å². The lowest BCUT2D eigenvalue weighted by Crippen LogP contribution is -1.91. The Kier molecular flexibility index (Phi) is 4.07. The van der Waals surface area contributed by atoms with Crippen molar-refractivity contribution in [1.82, 2.24) is 0 Å². The number of fused-ring (bicyclic) bond motifs is 3. The fraction of sp³-hybridized carbons (Fsp3) is 0. The van der Waals surface area contributed by atoms with Crippen molar-refractivity contribution in [2.75, 3.05) is 0 Å². The van der Waals surface area contributed by atoms with Gasteiger partial charge in [0.15, 0.2) is 0 Å². The van der Waals surface area contributed by atoms with Crippen molar-refractivity contribution < 1.29 is 4.39 Å². The van der Waals surface area contributed by atoms with Crippen molar-refractivity contribution >= 4 is 32.3 Å². The molecule has 6 aromatic carbocycles. The predicted octanol–water partition coefficient (Wildman–Crippen LogP) is 8.62. The molecule has 0 aromatic heterocycles. The molecule has 0 aliphatic rings. The highest BCUT2D eigenvalue weighted by Crippen LogP contribution is 2.44. The third kappa shape index (κ3) is 2.90. The maximum atomic E-state index is 14.5. The molecule has 0 heterocycles. The fourth-order valence-electron chi connectivity index (χ4n) is 4.72. The predicted molar refractivity (Wildman–Crippen MR) is 130 cm³/mol. The summed E-state index contributed by atoms with van der Waals surface area (Å²) >= 11 is 0. The summed E-state index contributed by atoms with van der Waals surface area (Å²) in [6.07, 6.45) is 0. The monoisotopic (exact) mass is 398 g/mol. The quantitative estimate of drug-likeness (QED) is 0.256. The van der Waals surface area contributed by atoms with Crippen molar-refractivity contribution in [1.29, 1.82) is 0 Å². The van der Waals surface area contributed by atoms with Crippen LogP contribution in [0.1, 0.15) is 0 Å². The average Bonchev–Trinajstić information content (AvgIpc) is 2.82. The van der Waals surface area contributed by atoms with E-state index in [0.717, 1.165) is 38.4 Å². The molecule has 0 aliphatic carbocycles. The molecule has 6 aromatic rings. The van der Waals surface area contributed by atoms with Crippen LogP contribution in [0.4, 0.5) is 4.39 Å². The molecule has 0 atom stereocenters. The van der Waals surface area contributed by atoms with E-state index < -0.39 is 0 Å². The summed E-state index contributed by atoms with van der Waals surface area (Å²) in [5.41, 5.74) is 4.47. The summed E-state index contributed by atoms with van der Waals surface area (Å²) in [6, 6.07) is 38.9. The van der Waals surface area contributed by atoms with Gasteiger partial charge in [0.05, 0.1) is 0 Å². The second-order valence-corrected chi connectivity index (χ2v) is 7.91. The number of rotatable bonds is 2. The molecule has 0 unspecified atom stereocenters. The van der Waals surface area contributed by atoms with E-state index in [4.69, 9.17) is 0 Å². The Morgan fingerprint density at radius 2 is 1.00 bits per heavy atom. The van der Waals surface area contributed by atoms with Gasteiger partial charge in [-0.05, 0) is 72.8 Å². The average molecular weight is 398 g/mol. The van der Waals surface area contributed by atoms with E-state index in [1.165, 1.54) is 16.2 Å². The summed E-state index contributed by atoms with van der Waals surface area (Å²) in [5, 5.41) is 6.73. The zero-order valence-electron chi connectivity index (χ0n) is 16.8. The Bertz CT molecular complexity index is 1580. The highest BCUT2D eigenvalue weighted by atomic mass is 19.1. The third-order valence-electron chi connectivity index (χ3n) is 6.09. The summed E-state index contributed by atoms with van der Waals surface area (Å²) in [5.74, 6) is -0.218. The van der Waals surface area contributed by atoms with Crippen molar-refractivity contribution in [2.24, 2.45) is 0 Å². The zero-order valence-corrected chi connectivity index (χ0v) is 16.8. The van der Waals surface area contributed by atoms with Gasteiger partial charge in [0.25, 0.3) is 0 Å². The topological polar surface area (TPSA) is 0 Å². The van der Waals surface area contributed by atoms with Crippen LogP contribution in [-0.4, -0.2) is 0 Å². The van der Waals surface area contributed by atoms with E-state index in [9.17, 15) is 4.39 Å². The lowest BCUT2D eigenvalue weighted by molar-refractivity contribution is 0.630. The van der Waals surface area contributed by atoms with E-state index >= 15 is 0 Å². The first kappa shape index (κ1) is 17.9. The van der Waals surface area contributed by atoms with Crippen molar-refractivity contribution in [3.63, 3.8) is 0 Å². The highest BCUT2D eigenvalue weighted by Gasteiger charge is 2.17. The largest absolute Gasteiger partial charge is 0.207 e. The van der Waals surface area contributed by atoms with Gasteiger partial charge in [-0.3, -0.25) is 0 Å². The summed E-state index contributed by atoms with van der Waals surface area (Å²) in [7, 11) is 0. The van der Waals surface area contributed by atoms with Gasteiger partial charge in [-0.25, -0.2) is 4.39 Å². The molecule has 0 amide bonds.